The Hall–Kier alpha value is -1.33. The molecule has 1 heterocycles. The van der Waals surface area contributed by atoms with Crippen LogP contribution < -0.4 is 10.1 Å². The molecular weight excluding hydrogens is 256 g/mol. The molecule has 1 aliphatic rings. The van der Waals surface area contributed by atoms with E-state index in [9.17, 15) is 10.1 Å². The zero-order valence-corrected chi connectivity index (χ0v) is 10.7. The molecule has 1 unspecified atom stereocenters. The Labute approximate surface area is 110 Å². The first-order valence-corrected chi connectivity index (χ1v) is 6.32. The summed E-state index contributed by atoms with van der Waals surface area (Å²) in [5.41, 5.74) is -0.0210. The van der Waals surface area contributed by atoms with E-state index in [-0.39, 0.29) is 10.7 Å². The number of halogens is 1. The molecular formula is C12H15ClN2O3. The summed E-state index contributed by atoms with van der Waals surface area (Å²) in [6.07, 6.45) is 2.15. The van der Waals surface area contributed by atoms with Crippen LogP contribution in [0.2, 0.25) is 5.02 Å². The van der Waals surface area contributed by atoms with E-state index < -0.39 is 4.92 Å². The Morgan fingerprint density at radius 1 is 1.56 bits per heavy atom. The van der Waals surface area contributed by atoms with E-state index >= 15 is 0 Å². The molecule has 98 valence electrons. The van der Waals surface area contributed by atoms with Gasteiger partial charge < -0.3 is 10.1 Å². The van der Waals surface area contributed by atoms with Crippen LogP contribution in [0, 0.1) is 16.0 Å². The Morgan fingerprint density at radius 3 is 3.00 bits per heavy atom. The predicted octanol–water partition coefficient (Wildman–Crippen LogP) is 2.63. The predicted molar refractivity (Wildman–Crippen MR) is 69.2 cm³/mol. The number of hydrogen-bond acceptors (Lipinski definition) is 4. The smallest absolute Gasteiger partial charge is 0.271 e. The Kier molecular flexibility index (Phi) is 4.38. The third-order valence-electron chi connectivity index (χ3n) is 3.07. The molecule has 1 aromatic carbocycles. The molecule has 2 rings (SSSR count). The van der Waals surface area contributed by atoms with Gasteiger partial charge in [0.05, 0.1) is 16.6 Å². The second-order valence-electron chi connectivity index (χ2n) is 4.37. The first kappa shape index (κ1) is 13.1. The number of nitrogens with zero attached hydrogens (tertiary/aromatic N) is 1. The lowest BCUT2D eigenvalue weighted by Gasteiger charge is -2.10. The summed E-state index contributed by atoms with van der Waals surface area (Å²) < 4.78 is 5.55. The van der Waals surface area contributed by atoms with Crippen LogP contribution in [0.25, 0.3) is 0 Å². The number of non-ortho nitro benzene ring substituents is 1. The fraction of sp³-hybridized carbons (Fsp3) is 0.500. The third-order valence-corrected chi connectivity index (χ3v) is 3.37. The summed E-state index contributed by atoms with van der Waals surface area (Å²) in [5.74, 6) is 1.16. The van der Waals surface area contributed by atoms with Gasteiger partial charge in [-0.05, 0) is 37.9 Å². The average molecular weight is 271 g/mol. The molecule has 5 nitrogen and oxygen atoms in total. The first-order chi connectivity index (χ1) is 8.66. The van der Waals surface area contributed by atoms with E-state index in [4.69, 9.17) is 16.3 Å². The molecule has 0 radical (unpaired) electrons. The van der Waals surface area contributed by atoms with Crippen LogP contribution in [-0.4, -0.2) is 24.6 Å². The summed E-state index contributed by atoms with van der Waals surface area (Å²) in [7, 11) is 0. The lowest BCUT2D eigenvalue weighted by molar-refractivity contribution is -0.384. The van der Waals surface area contributed by atoms with Crippen LogP contribution in [0.15, 0.2) is 18.2 Å². The minimum Gasteiger partial charge on any atom is -0.492 e. The molecule has 0 amide bonds. The molecule has 1 aromatic rings. The Balaban J connectivity index is 1.87. The van der Waals surface area contributed by atoms with Crippen LogP contribution in [0.4, 0.5) is 5.69 Å². The zero-order chi connectivity index (χ0) is 13.0. The summed E-state index contributed by atoms with van der Waals surface area (Å²) in [5, 5.41) is 14.1. The van der Waals surface area contributed by atoms with Gasteiger partial charge in [0.25, 0.3) is 5.69 Å². The lowest BCUT2D eigenvalue weighted by Crippen LogP contribution is -2.11. The van der Waals surface area contributed by atoms with Crippen LogP contribution in [0.5, 0.6) is 5.75 Å². The third kappa shape index (κ3) is 3.34. The molecule has 0 aliphatic carbocycles. The standard InChI is InChI=1S/C12H15ClN2O3/c13-11-7-10(15(16)17)1-2-12(11)18-6-4-9-3-5-14-8-9/h1-2,7,9,14H,3-6,8H2. The number of nitro groups is 1. The average Bonchev–Trinajstić information content (AvgIpc) is 2.84. The van der Waals surface area contributed by atoms with Crippen molar-refractivity contribution >= 4 is 17.3 Å². The van der Waals surface area contributed by atoms with E-state index in [0.717, 1.165) is 19.5 Å². The normalized spacial score (nSPS) is 18.8. The van der Waals surface area contributed by atoms with Crippen LogP contribution in [0.3, 0.4) is 0 Å². The summed E-state index contributed by atoms with van der Waals surface area (Å²) in [4.78, 5) is 10.1. The number of benzene rings is 1. The van der Waals surface area contributed by atoms with Crippen LogP contribution in [-0.2, 0) is 0 Å². The quantitative estimate of drug-likeness (QED) is 0.660. The molecule has 0 bridgehead atoms. The highest BCUT2D eigenvalue weighted by Crippen LogP contribution is 2.29. The number of hydrogen-bond donors (Lipinski definition) is 1. The van der Waals surface area contributed by atoms with Crippen molar-refractivity contribution in [2.75, 3.05) is 19.7 Å². The molecule has 1 fully saturated rings. The number of nitrogens with one attached hydrogen (secondary N) is 1. The van der Waals surface area contributed by atoms with Gasteiger partial charge in [0.1, 0.15) is 5.75 Å². The van der Waals surface area contributed by atoms with Crippen molar-refractivity contribution in [2.45, 2.75) is 12.8 Å². The maximum absolute atomic E-state index is 10.6. The van der Waals surface area contributed by atoms with E-state index in [1.807, 2.05) is 0 Å². The van der Waals surface area contributed by atoms with Gasteiger partial charge >= 0.3 is 0 Å². The van der Waals surface area contributed by atoms with E-state index in [1.54, 1.807) is 6.07 Å². The van der Waals surface area contributed by atoms with Crippen molar-refractivity contribution in [1.29, 1.82) is 0 Å². The molecule has 0 aromatic heterocycles. The van der Waals surface area contributed by atoms with E-state index in [2.05, 4.69) is 5.32 Å². The van der Waals surface area contributed by atoms with Crippen molar-refractivity contribution in [2.24, 2.45) is 5.92 Å². The van der Waals surface area contributed by atoms with Gasteiger partial charge in [-0.1, -0.05) is 11.6 Å². The molecule has 6 heteroatoms. The minimum absolute atomic E-state index is 0.0210. The zero-order valence-electron chi connectivity index (χ0n) is 9.89. The lowest BCUT2D eigenvalue weighted by atomic mass is 10.1. The van der Waals surface area contributed by atoms with Gasteiger partial charge in [0.2, 0.25) is 0 Å². The number of nitro benzene ring substituents is 1. The van der Waals surface area contributed by atoms with Gasteiger partial charge in [0.15, 0.2) is 0 Å². The second kappa shape index (κ2) is 6.02. The fourth-order valence-corrected chi connectivity index (χ4v) is 2.25. The van der Waals surface area contributed by atoms with Gasteiger partial charge in [-0.25, -0.2) is 0 Å². The minimum atomic E-state index is -0.472. The van der Waals surface area contributed by atoms with Crippen molar-refractivity contribution in [3.05, 3.63) is 33.3 Å². The molecule has 1 saturated heterocycles. The fourth-order valence-electron chi connectivity index (χ4n) is 2.02. The molecule has 1 N–H and O–H groups in total. The summed E-state index contributed by atoms with van der Waals surface area (Å²) in [6, 6.07) is 4.26. The number of rotatable bonds is 5. The maximum atomic E-state index is 10.6. The van der Waals surface area contributed by atoms with Gasteiger partial charge in [-0.15, -0.1) is 0 Å². The highest BCUT2D eigenvalue weighted by molar-refractivity contribution is 6.32. The highest BCUT2D eigenvalue weighted by atomic mass is 35.5. The largest absolute Gasteiger partial charge is 0.492 e. The summed E-state index contributed by atoms with van der Waals surface area (Å²) >= 11 is 5.93. The van der Waals surface area contributed by atoms with Crippen molar-refractivity contribution in [3.8, 4) is 5.75 Å². The van der Waals surface area contributed by atoms with Gasteiger partial charge in [-0.3, -0.25) is 10.1 Å². The highest BCUT2D eigenvalue weighted by Gasteiger charge is 2.15. The van der Waals surface area contributed by atoms with Crippen molar-refractivity contribution in [1.82, 2.24) is 5.32 Å². The maximum Gasteiger partial charge on any atom is 0.271 e. The number of ether oxygens (including phenoxy) is 1. The topological polar surface area (TPSA) is 64.4 Å². The van der Waals surface area contributed by atoms with Crippen molar-refractivity contribution in [3.63, 3.8) is 0 Å². The Morgan fingerprint density at radius 2 is 2.39 bits per heavy atom. The molecule has 18 heavy (non-hydrogen) atoms. The van der Waals surface area contributed by atoms with E-state index in [0.29, 0.717) is 18.3 Å². The molecule has 0 spiro atoms. The summed E-state index contributed by atoms with van der Waals surface area (Å²) in [6.45, 7) is 2.70. The van der Waals surface area contributed by atoms with Crippen molar-refractivity contribution < 1.29 is 9.66 Å². The SMILES string of the molecule is O=[N+]([O-])c1ccc(OCCC2CCNC2)c(Cl)c1. The molecule has 0 saturated carbocycles. The molecule has 1 aliphatic heterocycles. The first-order valence-electron chi connectivity index (χ1n) is 5.94. The van der Waals surface area contributed by atoms with Crippen LogP contribution in [0.1, 0.15) is 12.8 Å². The monoisotopic (exact) mass is 270 g/mol. The molecule has 1 atom stereocenters. The Bertz CT molecular complexity index is 433. The second-order valence-corrected chi connectivity index (χ2v) is 4.77. The van der Waals surface area contributed by atoms with Crippen LogP contribution >= 0.6 is 11.6 Å². The van der Waals surface area contributed by atoms with Gasteiger partial charge in [-0.2, -0.15) is 0 Å². The van der Waals surface area contributed by atoms with Gasteiger partial charge in [0, 0.05) is 12.1 Å². The van der Waals surface area contributed by atoms with E-state index in [1.165, 1.54) is 18.6 Å².